The van der Waals surface area contributed by atoms with Crippen LogP contribution in [0.1, 0.15) is 37.8 Å². The summed E-state index contributed by atoms with van der Waals surface area (Å²) < 4.78 is 5.15. The fourth-order valence-corrected chi connectivity index (χ4v) is 2.35. The highest BCUT2D eigenvalue weighted by molar-refractivity contribution is 6.03. The molecule has 0 saturated heterocycles. The molecule has 1 aromatic carbocycles. The van der Waals surface area contributed by atoms with Crippen molar-refractivity contribution in [3.05, 3.63) is 23.3 Å². The Kier molecular flexibility index (Phi) is 3.36. The Balaban J connectivity index is 2.48. The summed E-state index contributed by atoms with van der Waals surface area (Å²) in [4.78, 5) is 4.67. The lowest BCUT2D eigenvalue weighted by Gasteiger charge is -2.22. The van der Waals surface area contributed by atoms with Gasteiger partial charge in [-0.3, -0.25) is 4.99 Å². The molecule has 1 atom stereocenters. The first kappa shape index (κ1) is 12.0. The monoisotopic (exact) mass is 233 g/mol. The molecule has 92 valence electrons. The zero-order valence-corrected chi connectivity index (χ0v) is 10.7. The van der Waals surface area contributed by atoms with Crippen LogP contribution in [0.5, 0.6) is 11.5 Å². The summed E-state index contributed by atoms with van der Waals surface area (Å²) in [5, 5.41) is 9.84. The van der Waals surface area contributed by atoms with Crippen molar-refractivity contribution in [2.75, 3.05) is 7.11 Å². The van der Waals surface area contributed by atoms with Crippen LogP contribution in [-0.4, -0.2) is 24.0 Å². The summed E-state index contributed by atoms with van der Waals surface area (Å²) >= 11 is 0. The SMILES string of the molecule is CCCC1=NC(C)Cc2cc(OC)c(O)cc21. The molecule has 1 aliphatic heterocycles. The Labute approximate surface area is 102 Å². The molecular weight excluding hydrogens is 214 g/mol. The molecular formula is C14H19NO2. The summed E-state index contributed by atoms with van der Waals surface area (Å²) in [7, 11) is 1.58. The van der Waals surface area contributed by atoms with E-state index < -0.39 is 0 Å². The molecule has 17 heavy (non-hydrogen) atoms. The van der Waals surface area contributed by atoms with Crippen LogP contribution in [0.2, 0.25) is 0 Å². The number of hydrogen-bond acceptors (Lipinski definition) is 3. The van der Waals surface area contributed by atoms with Crippen molar-refractivity contribution >= 4 is 5.71 Å². The van der Waals surface area contributed by atoms with Gasteiger partial charge in [-0.05, 0) is 37.5 Å². The van der Waals surface area contributed by atoms with E-state index in [2.05, 4.69) is 18.8 Å². The van der Waals surface area contributed by atoms with Crippen molar-refractivity contribution in [3.63, 3.8) is 0 Å². The van der Waals surface area contributed by atoms with Crippen LogP contribution in [0.15, 0.2) is 17.1 Å². The van der Waals surface area contributed by atoms with Crippen LogP contribution in [0.25, 0.3) is 0 Å². The van der Waals surface area contributed by atoms with Crippen molar-refractivity contribution in [3.8, 4) is 11.5 Å². The maximum Gasteiger partial charge on any atom is 0.160 e. The fraction of sp³-hybridized carbons (Fsp3) is 0.500. The van der Waals surface area contributed by atoms with Gasteiger partial charge in [-0.1, -0.05) is 13.3 Å². The maximum absolute atomic E-state index is 9.84. The van der Waals surface area contributed by atoms with Crippen LogP contribution in [0.4, 0.5) is 0 Å². The predicted molar refractivity (Wildman–Crippen MR) is 69.3 cm³/mol. The van der Waals surface area contributed by atoms with E-state index in [0.717, 1.165) is 30.5 Å². The van der Waals surface area contributed by atoms with Crippen LogP contribution in [0.3, 0.4) is 0 Å². The zero-order chi connectivity index (χ0) is 12.4. The molecule has 0 bridgehead atoms. The highest BCUT2D eigenvalue weighted by Crippen LogP contribution is 2.33. The third kappa shape index (κ3) is 2.28. The number of phenolic OH excluding ortho intramolecular Hbond substituents is 1. The molecule has 0 fully saturated rings. The number of hydrogen-bond donors (Lipinski definition) is 1. The number of ether oxygens (including phenoxy) is 1. The molecule has 1 aliphatic rings. The number of benzene rings is 1. The molecule has 1 heterocycles. The lowest BCUT2D eigenvalue weighted by atomic mass is 9.91. The van der Waals surface area contributed by atoms with Gasteiger partial charge < -0.3 is 9.84 Å². The Morgan fingerprint density at radius 1 is 1.47 bits per heavy atom. The fourth-order valence-electron chi connectivity index (χ4n) is 2.35. The predicted octanol–water partition coefficient (Wildman–Crippen LogP) is 2.93. The van der Waals surface area contributed by atoms with Gasteiger partial charge in [0, 0.05) is 11.3 Å². The van der Waals surface area contributed by atoms with E-state index in [1.807, 2.05) is 6.07 Å². The second-order valence-electron chi connectivity index (χ2n) is 4.56. The number of rotatable bonds is 3. The molecule has 0 spiro atoms. The maximum atomic E-state index is 9.84. The Bertz CT molecular complexity index is 452. The number of methoxy groups -OCH3 is 1. The Morgan fingerprint density at radius 2 is 2.24 bits per heavy atom. The Morgan fingerprint density at radius 3 is 2.88 bits per heavy atom. The molecule has 0 aromatic heterocycles. The third-order valence-electron chi connectivity index (χ3n) is 3.09. The largest absolute Gasteiger partial charge is 0.504 e. The van der Waals surface area contributed by atoms with Gasteiger partial charge in [0.2, 0.25) is 0 Å². The van der Waals surface area contributed by atoms with E-state index in [1.165, 1.54) is 5.56 Å². The normalized spacial score (nSPS) is 18.5. The van der Waals surface area contributed by atoms with Crippen LogP contribution < -0.4 is 4.74 Å². The molecule has 0 aliphatic carbocycles. The van der Waals surface area contributed by atoms with E-state index in [1.54, 1.807) is 13.2 Å². The van der Waals surface area contributed by atoms with Crippen molar-refractivity contribution in [2.24, 2.45) is 4.99 Å². The van der Waals surface area contributed by atoms with Gasteiger partial charge in [0.25, 0.3) is 0 Å². The second kappa shape index (κ2) is 4.78. The molecule has 0 radical (unpaired) electrons. The topological polar surface area (TPSA) is 41.8 Å². The summed E-state index contributed by atoms with van der Waals surface area (Å²) in [5.74, 6) is 0.748. The molecule has 3 nitrogen and oxygen atoms in total. The minimum atomic E-state index is 0.199. The summed E-state index contributed by atoms with van der Waals surface area (Å²) in [6.45, 7) is 4.27. The minimum absolute atomic E-state index is 0.199. The smallest absolute Gasteiger partial charge is 0.160 e. The lowest BCUT2D eigenvalue weighted by Crippen LogP contribution is -2.18. The second-order valence-corrected chi connectivity index (χ2v) is 4.56. The first-order valence-corrected chi connectivity index (χ1v) is 6.12. The number of nitrogens with zero attached hydrogens (tertiary/aromatic N) is 1. The highest BCUT2D eigenvalue weighted by atomic mass is 16.5. The van der Waals surface area contributed by atoms with Gasteiger partial charge in [-0.25, -0.2) is 0 Å². The van der Waals surface area contributed by atoms with Crippen molar-refractivity contribution < 1.29 is 9.84 Å². The third-order valence-corrected chi connectivity index (χ3v) is 3.09. The molecule has 1 N–H and O–H groups in total. The first-order chi connectivity index (χ1) is 8.15. The summed E-state index contributed by atoms with van der Waals surface area (Å²) in [5.41, 5.74) is 3.42. The molecule has 3 heteroatoms. The van der Waals surface area contributed by atoms with Gasteiger partial charge >= 0.3 is 0 Å². The molecule has 1 aromatic rings. The highest BCUT2D eigenvalue weighted by Gasteiger charge is 2.20. The van der Waals surface area contributed by atoms with E-state index in [0.29, 0.717) is 11.8 Å². The summed E-state index contributed by atoms with van der Waals surface area (Å²) in [6, 6.07) is 4.04. The van der Waals surface area contributed by atoms with Crippen molar-refractivity contribution in [1.29, 1.82) is 0 Å². The summed E-state index contributed by atoms with van der Waals surface area (Å²) in [6.07, 6.45) is 2.94. The minimum Gasteiger partial charge on any atom is -0.504 e. The zero-order valence-electron chi connectivity index (χ0n) is 10.7. The number of aliphatic imine (C=N–C) groups is 1. The number of fused-ring (bicyclic) bond motifs is 1. The van der Waals surface area contributed by atoms with Gasteiger partial charge in [0.1, 0.15) is 0 Å². The lowest BCUT2D eigenvalue weighted by molar-refractivity contribution is 0.372. The van der Waals surface area contributed by atoms with Crippen molar-refractivity contribution in [2.45, 2.75) is 39.2 Å². The van der Waals surface area contributed by atoms with Gasteiger partial charge in [-0.15, -0.1) is 0 Å². The molecule has 1 unspecified atom stereocenters. The number of aromatic hydroxyl groups is 1. The van der Waals surface area contributed by atoms with Crippen molar-refractivity contribution in [1.82, 2.24) is 0 Å². The van der Waals surface area contributed by atoms with Gasteiger partial charge in [0.15, 0.2) is 11.5 Å². The van der Waals surface area contributed by atoms with E-state index >= 15 is 0 Å². The van der Waals surface area contributed by atoms with Gasteiger partial charge in [0.05, 0.1) is 13.2 Å². The Hall–Kier alpha value is -1.51. The molecule has 2 rings (SSSR count). The average Bonchev–Trinajstić information content (AvgIpc) is 2.29. The quantitative estimate of drug-likeness (QED) is 0.872. The standard InChI is InChI=1S/C14H19NO2/c1-4-5-12-11-8-13(16)14(17-3)7-10(11)6-9(2)15-12/h7-9,16H,4-6H2,1-3H3. The van der Waals surface area contributed by atoms with Crippen LogP contribution in [-0.2, 0) is 6.42 Å². The van der Waals surface area contributed by atoms with Gasteiger partial charge in [-0.2, -0.15) is 0 Å². The number of phenols is 1. The van der Waals surface area contributed by atoms with E-state index in [-0.39, 0.29) is 5.75 Å². The molecule has 0 amide bonds. The van der Waals surface area contributed by atoms with E-state index in [4.69, 9.17) is 4.74 Å². The molecule has 0 saturated carbocycles. The van der Waals surface area contributed by atoms with Crippen LogP contribution in [0, 0.1) is 0 Å². The van der Waals surface area contributed by atoms with Crippen LogP contribution >= 0.6 is 0 Å². The van der Waals surface area contributed by atoms with E-state index in [9.17, 15) is 5.11 Å². The average molecular weight is 233 g/mol. The first-order valence-electron chi connectivity index (χ1n) is 6.12.